The highest BCUT2D eigenvalue weighted by atomic mass is 28.4. The molecule has 1 atom stereocenters. The minimum absolute atomic E-state index is 0.0824. The third-order valence-corrected chi connectivity index (χ3v) is 8.28. The maximum atomic E-state index is 11.8. The Kier molecular flexibility index (Phi) is 8.47. The van der Waals surface area contributed by atoms with Crippen LogP contribution in [0.15, 0.2) is 0 Å². The van der Waals surface area contributed by atoms with E-state index in [2.05, 4.69) is 14.2 Å². The Labute approximate surface area is 138 Å². The first-order valence-electron chi connectivity index (χ1n) is 7.55. The Morgan fingerprint density at radius 2 is 1.57 bits per heavy atom. The van der Waals surface area contributed by atoms with Gasteiger partial charge in [-0.3, -0.25) is 9.59 Å². The van der Waals surface area contributed by atoms with Crippen molar-refractivity contribution in [3.05, 3.63) is 0 Å². The molecule has 0 radical (unpaired) electrons. The van der Waals surface area contributed by atoms with Gasteiger partial charge in [0.1, 0.15) is 0 Å². The fourth-order valence-electron chi connectivity index (χ4n) is 1.49. The summed E-state index contributed by atoms with van der Waals surface area (Å²) < 4.78 is 19.8. The van der Waals surface area contributed by atoms with Crippen molar-refractivity contribution in [1.29, 1.82) is 0 Å². The average Bonchev–Trinajstić information content (AvgIpc) is 2.36. The first-order valence-corrected chi connectivity index (χ1v) is 10.5. The van der Waals surface area contributed by atoms with Crippen molar-refractivity contribution in [3.63, 3.8) is 0 Å². The Morgan fingerprint density at radius 3 is 2.00 bits per heavy atom. The van der Waals surface area contributed by atoms with Gasteiger partial charge < -0.3 is 18.6 Å². The largest absolute Gasteiger partial charge is 0.516 e. The van der Waals surface area contributed by atoms with Crippen molar-refractivity contribution >= 4 is 26.4 Å². The van der Waals surface area contributed by atoms with Crippen LogP contribution in [0.2, 0.25) is 18.1 Å². The predicted octanol–water partition coefficient (Wildman–Crippen LogP) is 3.03. The van der Waals surface area contributed by atoms with E-state index >= 15 is 0 Å². The van der Waals surface area contributed by atoms with E-state index in [1.165, 1.54) is 7.11 Å². The molecule has 0 amide bonds. The predicted molar refractivity (Wildman–Crippen MR) is 86.4 cm³/mol. The Balaban J connectivity index is 4.92. The molecular weight excluding hydrogens is 320 g/mol. The highest BCUT2D eigenvalue weighted by Crippen LogP contribution is 2.38. The van der Waals surface area contributed by atoms with Crippen LogP contribution in [-0.4, -0.2) is 46.2 Å². The lowest BCUT2D eigenvalue weighted by Gasteiger charge is -2.38. The summed E-state index contributed by atoms with van der Waals surface area (Å²) in [4.78, 5) is 34.5. The molecule has 0 fully saturated rings. The lowest BCUT2D eigenvalue weighted by atomic mass is 10.2. The molecular formula is C15H28O7Si. The summed E-state index contributed by atoms with van der Waals surface area (Å²) in [6, 6.07) is 0. The Morgan fingerprint density at radius 1 is 1.04 bits per heavy atom. The fourth-order valence-corrected chi connectivity index (χ4v) is 2.84. The van der Waals surface area contributed by atoms with Crippen LogP contribution < -0.4 is 0 Å². The van der Waals surface area contributed by atoms with Gasteiger partial charge in [-0.05, 0) is 25.1 Å². The normalized spacial score (nSPS) is 13.2. The number of esters is 2. The number of rotatable bonds is 7. The van der Waals surface area contributed by atoms with E-state index in [9.17, 15) is 14.4 Å². The number of ether oxygens (including phenoxy) is 3. The van der Waals surface area contributed by atoms with Crippen molar-refractivity contribution in [1.82, 2.24) is 0 Å². The van der Waals surface area contributed by atoms with E-state index < -0.39 is 32.5 Å². The van der Waals surface area contributed by atoms with Crippen molar-refractivity contribution in [2.24, 2.45) is 0 Å². The Bertz CT molecular complexity index is 426. The molecule has 0 aromatic heterocycles. The van der Waals surface area contributed by atoms with E-state index in [-0.39, 0.29) is 24.5 Å². The number of hydrogen-bond acceptors (Lipinski definition) is 7. The first kappa shape index (κ1) is 21.6. The molecule has 0 aliphatic carbocycles. The van der Waals surface area contributed by atoms with Crippen molar-refractivity contribution < 1.29 is 33.0 Å². The molecule has 0 aromatic carbocycles. The topological polar surface area (TPSA) is 88.1 Å². The van der Waals surface area contributed by atoms with E-state index in [1.54, 1.807) is 6.92 Å². The molecule has 7 nitrogen and oxygen atoms in total. The molecule has 134 valence electrons. The van der Waals surface area contributed by atoms with E-state index in [0.717, 1.165) is 0 Å². The van der Waals surface area contributed by atoms with Gasteiger partial charge in [-0.1, -0.05) is 20.8 Å². The van der Waals surface area contributed by atoms with Gasteiger partial charge >= 0.3 is 18.1 Å². The molecule has 0 bridgehead atoms. The van der Waals surface area contributed by atoms with Crippen LogP contribution in [0.5, 0.6) is 0 Å². The molecule has 0 spiro atoms. The highest BCUT2D eigenvalue weighted by molar-refractivity contribution is 6.74. The quantitative estimate of drug-likeness (QED) is 0.397. The van der Waals surface area contributed by atoms with Gasteiger partial charge in [0, 0.05) is 0 Å². The summed E-state index contributed by atoms with van der Waals surface area (Å²) in [6.45, 7) is 11.9. The minimum atomic E-state index is -2.20. The molecule has 0 aliphatic heterocycles. The molecule has 0 rings (SSSR count). The van der Waals surface area contributed by atoms with Gasteiger partial charge in [-0.25, -0.2) is 4.79 Å². The molecule has 0 aromatic rings. The number of methoxy groups -OCH3 is 1. The second kappa shape index (κ2) is 9.02. The van der Waals surface area contributed by atoms with E-state index in [0.29, 0.717) is 0 Å². The van der Waals surface area contributed by atoms with Crippen LogP contribution >= 0.6 is 0 Å². The Hall–Kier alpha value is -1.41. The summed E-state index contributed by atoms with van der Waals surface area (Å²) in [6.07, 6.45) is -2.06. The first-order chi connectivity index (χ1) is 10.4. The van der Waals surface area contributed by atoms with Gasteiger partial charge in [0.2, 0.25) is 0 Å². The maximum Gasteiger partial charge on any atom is 0.516 e. The maximum absolute atomic E-state index is 11.8. The molecule has 0 heterocycles. The van der Waals surface area contributed by atoms with Gasteiger partial charge in [-0.15, -0.1) is 0 Å². The van der Waals surface area contributed by atoms with Crippen LogP contribution in [0.4, 0.5) is 4.79 Å². The zero-order valence-electron chi connectivity index (χ0n) is 15.1. The minimum Gasteiger partial charge on any atom is -0.469 e. The van der Waals surface area contributed by atoms with Crippen LogP contribution in [0, 0.1) is 0 Å². The third kappa shape index (κ3) is 8.12. The summed E-state index contributed by atoms with van der Waals surface area (Å²) in [5.74, 6) is -1.28. The number of carbonyl (C=O) groups is 3. The summed E-state index contributed by atoms with van der Waals surface area (Å²) in [5.41, 5.74) is 0. The van der Waals surface area contributed by atoms with Crippen LogP contribution in [-0.2, 0) is 28.2 Å². The molecule has 23 heavy (non-hydrogen) atoms. The number of carbonyl (C=O) groups excluding carboxylic acids is 3. The molecule has 8 heteroatoms. The second-order valence-electron chi connectivity index (χ2n) is 6.64. The number of hydrogen-bond donors (Lipinski definition) is 0. The van der Waals surface area contributed by atoms with E-state index in [1.807, 2.05) is 33.9 Å². The van der Waals surface area contributed by atoms with Crippen molar-refractivity contribution in [2.75, 3.05) is 13.7 Å². The summed E-state index contributed by atoms with van der Waals surface area (Å²) in [5, 5.41) is -0.0909. The van der Waals surface area contributed by atoms with Gasteiger partial charge in [0.15, 0.2) is 8.32 Å². The van der Waals surface area contributed by atoms with Crippen LogP contribution in [0.1, 0.15) is 40.5 Å². The van der Waals surface area contributed by atoms with Crippen LogP contribution in [0.3, 0.4) is 0 Å². The molecule has 0 saturated heterocycles. The SMILES string of the molecule is CCOC(=O)OC(=O)C[C@H](CC(=O)OC)O[Si](C)(C)C(C)(C)C. The lowest BCUT2D eigenvalue weighted by Crippen LogP contribution is -2.45. The smallest absolute Gasteiger partial charge is 0.469 e. The van der Waals surface area contributed by atoms with Crippen LogP contribution in [0.25, 0.3) is 0 Å². The molecule has 0 N–H and O–H groups in total. The second-order valence-corrected chi connectivity index (χ2v) is 11.4. The summed E-state index contributed by atoms with van der Waals surface area (Å²) in [7, 11) is -0.935. The zero-order chi connectivity index (χ0) is 18.3. The zero-order valence-corrected chi connectivity index (χ0v) is 16.1. The molecule has 0 unspecified atom stereocenters. The third-order valence-electron chi connectivity index (χ3n) is 3.74. The van der Waals surface area contributed by atoms with E-state index in [4.69, 9.17) is 4.43 Å². The molecule has 0 saturated carbocycles. The standard InChI is InChI=1S/C15H28O7Si/c1-8-20-14(18)21-13(17)10-11(9-12(16)19-5)22-23(6,7)15(2,3)4/h11H,8-10H2,1-7H3/t11-/m0/s1. The van der Waals surface area contributed by atoms with Gasteiger partial charge in [-0.2, -0.15) is 0 Å². The van der Waals surface area contributed by atoms with Crippen molar-refractivity contribution in [2.45, 2.75) is 64.8 Å². The van der Waals surface area contributed by atoms with Gasteiger partial charge in [0.05, 0.1) is 32.7 Å². The molecule has 0 aliphatic rings. The van der Waals surface area contributed by atoms with Crippen molar-refractivity contribution in [3.8, 4) is 0 Å². The monoisotopic (exact) mass is 348 g/mol. The average molecular weight is 348 g/mol. The lowest BCUT2D eigenvalue weighted by molar-refractivity contribution is -0.145. The van der Waals surface area contributed by atoms with Gasteiger partial charge in [0.25, 0.3) is 0 Å². The summed E-state index contributed by atoms with van der Waals surface area (Å²) >= 11 is 0. The fraction of sp³-hybridized carbons (Fsp3) is 0.800. The highest BCUT2D eigenvalue weighted by Gasteiger charge is 2.40.